The molecule has 1 aromatic carbocycles. The minimum atomic E-state index is -0.292. The predicted molar refractivity (Wildman–Crippen MR) is 75.2 cm³/mol. The zero-order valence-corrected chi connectivity index (χ0v) is 10.9. The second-order valence-electron chi connectivity index (χ2n) is 4.46. The summed E-state index contributed by atoms with van der Waals surface area (Å²) < 4.78 is 2.78. The van der Waals surface area contributed by atoms with Crippen molar-refractivity contribution in [3.05, 3.63) is 62.9 Å². The normalized spacial score (nSPS) is 10.6. The number of nitrogen functional groups attached to an aromatic ring is 1. The molecule has 1 heterocycles. The van der Waals surface area contributed by atoms with E-state index in [0.717, 1.165) is 12.0 Å². The van der Waals surface area contributed by atoms with Gasteiger partial charge in [0.1, 0.15) is 0 Å². The molecule has 1 aromatic heterocycles. The van der Waals surface area contributed by atoms with Crippen LogP contribution in [0, 0.1) is 0 Å². The van der Waals surface area contributed by atoms with Crippen molar-refractivity contribution in [2.24, 2.45) is 0 Å². The first-order valence-electron chi connectivity index (χ1n) is 6.26. The summed E-state index contributed by atoms with van der Waals surface area (Å²) in [5.74, 6) is 0. The molecule has 0 atom stereocenters. The van der Waals surface area contributed by atoms with Crippen molar-refractivity contribution in [3.8, 4) is 0 Å². The molecule has 0 spiro atoms. The summed E-state index contributed by atoms with van der Waals surface area (Å²) in [6, 6.07) is 8.61. The van der Waals surface area contributed by atoms with Crippen molar-refractivity contribution >= 4 is 5.69 Å². The molecular formula is C14H17N3O2. The van der Waals surface area contributed by atoms with E-state index in [2.05, 4.69) is 0 Å². The van der Waals surface area contributed by atoms with Gasteiger partial charge in [0.2, 0.25) is 0 Å². The number of benzene rings is 1. The van der Waals surface area contributed by atoms with Gasteiger partial charge in [-0.05, 0) is 24.1 Å². The van der Waals surface area contributed by atoms with Crippen LogP contribution < -0.4 is 17.0 Å². The van der Waals surface area contributed by atoms with Crippen LogP contribution >= 0.6 is 0 Å². The molecule has 5 heteroatoms. The van der Waals surface area contributed by atoms with Crippen LogP contribution in [-0.4, -0.2) is 9.13 Å². The zero-order chi connectivity index (χ0) is 13.8. The van der Waals surface area contributed by atoms with Crippen LogP contribution in [0.15, 0.2) is 46.1 Å². The van der Waals surface area contributed by atoms with Gasteiger partial charge < -0.3 is 10.3 Å². The number of hydrogen-bond donors (Lipinski definition) is 1. The number of aryl methyl sites for hydroxylation is 1. The van der Waals surface area contributed by atoms with Crippen molar-refractivity contribution in [2.45, 2.75) is 26.4 Å². The summed E-state index contributed by atoms with van der Waals surface area (Å²) >= 11 is 0. The highest BCUT2D eigenvalue weighted by Gasteiger charge is 2.05. The Bertz CT molecular complexity index is 686. The van der Waals surface area contributed by atoms with Crippen LogP contribution in [0.3, 0.4) is 0 Å². The predicted octanol–water partition coefficient (Wildman–Crippen LogP) is 1.05. The summed E-state index contributed by atoms with van der Waals surface area (Å²) in [4.78, 5) is 24.0. The molecular weight excluding hydrogens is 242 g/mol. The van der Waals surface area contributed by atoms with Crippen molar-refractivity contribution in [1.82, 2.24) is 9.13 Å². The van der Waals surface area contributed by atoms with Crippen LogP contribution in [0.25, 0.3) is 0 Å². The van der Waals surface area contributed by atoms with Gasteiger partial charge in [-0.2, -0.15) is 0 Å². The summed E-state index contributed by atoms with van der Waals surface area (Å²) in [7, 11) is 0. The van der Waals surface area contributed by atoms with E-state index in [9.17, 15) is 9.59 Å². The quantitative estimate of drug-likeness (QED) is 0.834. The largest absolute Gasteiger partial charge is 0.399 e. The van der Waals surface area contributed by atoms with E-state index in [1.165, 1.54) is 10.6 Å². The van der Waals surface area contributed by atoms with Gasteiger partial charge >= 0.3 is 5.69 Å². The lowest BCUT2D eigenvalue weighted by molar-refractivity contribution is 0.571. The Labute approximate surface area is 110 Å². The molecule has 5 nitrogen and oxygen atoms in total. The van der Waals surface area contributed by atoms with Gasteiger partial charge in [0.15, 0.2) is 0 Å². The lowest BCUT2D eigenvalue weighted by atomic mass is 10.2. The molecule has 19 heavy (non-hydrogen) atoms. The van der Waals surface area contributed by atoms with Crippen LogP contribution in [0.1, 0.15) is 18.9 Å². The van der Waals surface area contributed by atoms with E-state index >= 15 is 0 Å². The van der Waals surface area contributed by atoms with Crippen molar-refractivity contribution in [3.63, 3.8) is 0 Å². The van der Waals surface area contributed by atoms with Crippen LogP contribution in [0.4, 0.5) is 5.69 Å². The van der Waals surface area contributed by atoms with E-state index in [-0.39, 0.29) is 17.8 Å². The third-order valence-corrected chi connectivity index (χ3v) is 2.90. The van der Waals surface area contributed by atoms with E-state index in [1.54, 1.807) is 22.9 Å². The molecule has 0 aliphatic heterocycles. The molecule has 0 saturated carbocycles. The van der Waals surface area contributed by atoms with Gasteiger partial charge in [0, 0.05) is 24.5 Å². The fourth-order valence-corrected chi connectivity index (χ4v) is 1.99. The number of hydrogen-bond acceptors (Lipinski definition) is 3. The number of rotatable bonds is 4. The van der Waals surface area contributed by atoms with Crippen LogP contribution in [-0.2, 0) is 13.1 Å². The average Bonchev–Trinajstić information content (AvgIpc) is 2.38. The maximum atomic E-state index is 12.2. The molecule has 2 rings (SSSR count). The van der Waals surface area contributed by atoms with Crippen LogP contribution in [0.2, 0.25) is 0 Å². The van der Waals surface area contributed by atoms with E-state index in [4.69, 9.17) is 5.73 Å². The highest BCUT2D eigenvalue weighted by atomic mass is 16.2. The summed E-state index contributed by atoms with van der Waals surface area (Å²) in [5, 5.41) is 0. The van der Waals surface area contributed by atoms with Gasteiger partial charge in [-0.3, -0.25) is 9.36 Å². The zero-order valence-electron chi connectivity index (χ0n) is 10.9. The first kappa shape index (κ1) is 13.1. The smallest absolute Gasteiger partial charge is 0.331 e. The lowest BCUT2D eigenvalue weighted by Crippen LogP contribution is -2.39. The van der Waals surface area contributed by atoms with E-state index in [0.29, 0.717) is 12.2 Å². The number of aromatic nitrogens is 2. The Morgan fingerprint density at radius 3 is 2.68 bits per heavy atom. The second-order valence-corrected chi connectivity index (χ2v) is 4.46. The monoisotopic (exact) mass is 259 g/mol. The molecule has 0 amide bonds. The molecule has 2 N–H and O–H groups in total. The van der Waals surface area contributed by atoms with Crippen LogP contribution in [0.5, 0.6) is 0 Å². The molecule has 0 fully saturated rings. The Hall–Kier alpha value is -2.30. The second kappa shape index (κ2) is 5.56. The third-order valence-electron chi connectivity index (χ3n) is 2.90. The summed E-state index contributed by atoms with van der Waals surface area (Å²) in [6.07, 6.45) is 2.39. The van der Waals surface area contributed by atoms with Crippen molar-refractivity contribution < 1.29 is 0 Å². The molecule has 0 aliphatic carbocycles. The topological polar surface area (TPSA) is 70.0 Å². The van der Waals surface area contributed by atoms with Gasteiger partial charge in [0.05, 0.1) is 6.54 Å². The molecule has 100 valence electrons. The number of nitrogens with two attached hydrogens (primary N) is 1. The number of anilines is 1. The minimum absolute atomic E-state index is 0.243. The average molecular weight is 259 g/mol. The van der Waals surface area contributed by atoms with Gasteiger partial charge in [-0.25, -0.2) is 4.79 Å². The Balaban J connectivity index is 2.42. The molecule has 0 aliphatic rings. The third kappa shape index (κ3) is 2.93. The van der Waals surface area contributed by atoms with Gasteiger partial charge in [-0.15, -0.1) is 0 Å². The minimum Gasteiger partial charge on any atom is -0.399 e. The molecule has 0 radical (unpaired) electrons. The molecule has 0 saturated heterocycles. The highest BCUT2D eigenvalue weighted by Crippen LogP contribution is 2.06. The molecule has 0 unspecified atom stereocenters. The fourth-order valence-electron chi connectivity index (χ4n) is 1.99. The lowest BCUT2D eigenvalue weighted by Gasteiger charge is -2.09. The van der Waals surface area contributed by atoms with Gasteiger partial charge in [-0.1, -0.05) is 19.1 Å². The number of nitrogens with zero attached hydrogens (tertiary/aromatic N) is 2. The Kier molecular flexibility index (Phi) is 3.85. The first-order chi connectivity index (χ1) is 9.11. The van der Waals surface area contributed by atoms with E-state index in [1.807, 2.05) is 19.1 Å². The Morgan fingerprint density at radius 1 is 1.21 bits per heavy atom. The maximum Gasteiger partial charge on any atom is 0.331 e. The van der Waals surface area contributed by atoms with E-state index < -0.39 is 0 Å². The highest BCUT2D eigenvalue weighted by molar-refractivity contribution is 5.40. The first-order valence-corrected chi connectivity index (χ1v) is 6.26. The standard InChI is InChI=1S/C14H17N3O2/c1-2-7-16-8-6-13(18)17(14(16)19)10-11-4-3-5-12(15)9-11/h3-6,8-9H,2,7,10,15H2,1H3. The SMILES string of the molecule is CCCn1ccc(=O)n(Cc2cccc(N)c2)c1=O. The molecule has 2 aromatic rings. The maximum absolute atomic E-state index is 12.2. The fraction of sp³-hybridized carbons (Fsp3) is 0.286. The Morgan fingerprint density at radius 2 is 2.00 bits per heavy atom. The summed E-state index contributed by atoms with van der Waals surface area (Å²) in [5.41, 5.74) is 6.58. The van der Waals surface area contributed by atoms with Crippen molar-refractivity contribution in [2.75, 3.05) is 5.73 Å². The molecule has 0 bridgehead atoms. The summed E-state index contributed by atoms with van der Waals surface area (Å²) in [6.45, 7) is 2.84. The van der Waals surface area contributed by atoms with Crippen molar-refractivity contribution in [1.29, 1.82) is 0 Å². The van der Waals surface area contributed by atoms with Gasteiger partial charge in [0.25, 0.3) is 5.56 Å².